The fourth-order valence-electron chi connectivity index (χ4n) is 2.20. The van der Waals surface area contributed by atoms with E-state index in [1.807, 2.05) is 0 Å². The number of rotatable bonds is 3. The predicted octanol–water partition coefficient (Wildman–Crippen LogP) is 2.20. The van der Waals surface area contributed by atoms with Gasteiger partial charge in [-0.1, -0.05) is 13.0 Å². The largest absolute Gasteiger partial charge is 0.317 e. The van der Waals surface area contributed by atoms with Gasteiger partial charge in [-0.15, -0.1) is 6.58 Å². The first kappa shape index (κ1) is 8.79. The van der Waals surface area contributed by atoms with Gasteiger partial charge in [0, 0.05) is 6.04 Å². The minimum absolute atomic E-state index is 0.750. The van der Waals surface area contributed by atoms with Crippen molar-refractivity contribution < 1.29 is 0 Å². The number of nitrogens with one attached hydrogen (secondary N) is 1. The van der Waals surface area contributed by atoms with E-state index in [0.717, 1.165) is 17.9 Å². The summed E-state index contributed by atoms with van der Waals surface area (Å²) in [5.74, 6) is 1.71. The third-order valence-electron chi connectivity index (χ3n) is 3.07. The predicted molar refractivity (Wildman–Crippen MR) is 49.5 cm³/mol. The average Bonchev–Trinajstić information content (AvgIpc) is 2.34. The van der Waals surface area contributed by atoms with Gasteiger partial charge in [0.25, 0.3) is 0 Å². The lowest BCUT2D eigenvalue weighted by molar-refractivity contribution is 0.368. The maximum atomic E-state index is 3.79. The average molecular weight is 153 g/mol. The molecule has 64 valence electrons. The zero-order chi connectivity index (χ0) is 8.27. The van der Waals surface area contributed by atoms with Crippen LogP contribution >= 0.6 is 0 Å². The van der Waals surface area contributed by atoms with Gasteiger partial charge in [0.15, 0.2) is 0 Å². The van der Waals surface area contributed by atoms with Crippen molar-refractivity contribution in [2.24, 2.45) is 11.8 Å². The molecule has 0 amide bonds. The molecule has 0 aromatic rings. The maximum Gasteiger partial charge on any atom is 0.00925 e. The molecule has 1 aliphatic carbocycles. The third kappa shape index (κ3) is 1.84. The molecular formula is C10H19N. The van der Waals surface area contributed by atoms with Crippen molar-refractivity contribution in [2.45, 2.75) is 32.2 Å². The van der Waals surface area contributed by atoms with Gasteiger partial charge < -0.3 is 5.32 Å². The Bertz CT molecular complexity index is 131. The van der Waals surface area contributed by atoms with E-state index in [4.69, 9.17) is 0 Å². The molecular weight excluding hydrogens is 134 g/mol. The zero-order valence-electron chi connectivity index (χ0n) is 7.64. The van der Waals surface area contributed by atoms with Crippen LogP contribution in [-0.2, 0) is 0 Å². The molecule has 0 spiro atoms. The topological polar surface area (TPSA) is 12.0 Å². The van der Waals surface area contributed by atoms with E-state index in [1.165, 1.54) is 19.3 Å². The molecule has 0 aliphatic heterocycles. The first-order chi connectivity index (χ1) is 5.29. The molecule has 11 heavy (non-hydrogen) atoms. The van der Waals surface area contributed by atoms with E-state index in [9.17, 15) is 0 Å². The Morgan fingerprint density at radius 1 is 1.55 bits per heavy atom. The summed E-state index contributed by atoms with van der Waals surface area (Å²) in [5, 5.41) is 3.37. The van der Waals surface area contributed by atoms with E-state index >= 15 is 0 Å². The second-order valence-electron chi connectivity index (χ2n) is 3.62. The van der Waals surface area contributed by atoms with Crippen molar-refractivity contribution in [2.75, 3.05) is 7.05 Å². The Morgan fingerprint density at radius 3 is 2.73 bits per heavy atom. The molecule has 1 aliphatic rings. The summed E-state index contributed by atoms with van der Waals surface area (Å²) in [6, 6.07) is 0.750. The highest BCUT2D eigenvalue weighted by atomic mass is 14.9. The van der Waals surface area contributed by atoms with Crippen molar-refractivity contribution in [3.8, 4) is 0 Å². The normalized spacial score (nSPS) is 37.5. The van der Waals surface area contributed by atoms with Crippen molar-refractivity contribution >= 4 is 0 Å². The van der Waals surface area contributed by atoms with Crippen LogP contribution in [0, 0.1) is 11.8 Å². The molecule has 0 heterocycles. The summed E-state index contributed by atoms with van der Waals surface area (Å²) >= 11 is 0. The van der Waals surface area contributed by atoms with E-state index in [1.54, 1.807) is 0 Å². The highest BCUT2D eigenvalue weighted by Gasteiger charge is 2.30. The van der Waals surface area contributed by atoms with Crippen LogP contribution < -0.4 is 5.32 Å². The lowest BCUT2D eigenvalue weighted by Crippen LogP contribution is -2.29. The monoisotopic (exact) mass is 153 g/mol. The fraction of sp³-hybridized carbons (Fsp3) is 0.800. The van der Waals surface area contributed by atoms with Gasteiger partial charge in [-0.25, -0.2) is 0 Å². The fourth-order valence-corrected chi connectivity index (χ4v) is 2.20. The molecule has 1 N–H and O–H groups in total. The highest BCUT2D eigenvalue weighted by Crippen LogP contribution is 2.33. The van der Waals surface area contributed by atoms with Crippen LogP contribution in [0.2, 0.25) is 0 Å². The van der Waals surface area contributed by atoms with Crippen LogP contribution in [0.4, 0.5) is 0 Å². The molecule has 3 unspecified atom stereocenters. The van der Waals surface area contributed by atoms with Crippen LogP contribution in [0.3, 0.4) is 0 Å². The second-order valence-corrected chi connectivity index (χ2v) is 3.62. The van der Waals surface area contributed by atoms with Crippen LogP contribution in [0.25, 0.3) is 0 Å². The molecule has 1 heteroatoms. The van der Waals surface area contributed by atoms with Crippen molar-refractivity contribution in [1.29, 1.82) is 0 Å². The highest BCUT2D eigenvalue weighted by molar-refractivity contribution is 4.89. The van der Waals surface area contributed by atoms with Crippen LogP contribution in [-0.4, -0.2) is 13.1 Å². The van der Waals surface area contributed by atoms with Crippen molar-refractivity contribution in [3.05, 3.63) is 12.7 Å². The molecule has 0 radical (unpaired) electrons. The summed E-state index contributed by atoms with van der Waals surface area (Å²) in [4.78, 5) is 0. The standard InChI is InChI=1S/C10H19N/c1-4-5-9-6-7-10(11-3)8(9)2/h4,8-11H,1,5-7H2,2-3H3. The minimum atomic E-state index is 0.750. The Kier molecular flexibility index (Phi) is 3.13. The number of hydrogen-bond donors (Lipinski definition) is 1. The van der Waals surface area contributed by atoms with E-state index < -0.39 is 0 Å². The molecule has 3 atom stereocenters. The van der Waals surface area contributed by atoms with E-state index in [0.29, 0.717) is 0 Å². The summed E-state index contributed by atoms with van der Waals surface area (Å²) in [6.45, 7) is 6.14. The van der Waals surface area contributed by atoms with Crippen molar-refractivity contribution in [1.82, 2.24) is 5.32 Å². The Balaban J connectivity index is 2.41. The van der Waals surface area contributed by atoms with Crippen LogP contribution in [0.15, 0.2) is 12.7 Å². The zero-order valence-corrected chi connectivity index (χ0v) is 7.64. The Morgan fingerprint density at radius 2 is 2.27 bits per heavy atom. The SMILES string of the molecule is C=CCC1CCC(NC)C1C. The molecule has 1 saturated carbocycles. The molecule has 0 aromatic heterocycles. The van der Waals surface area contributed by atoms with E-state index in [2.05, 4.69) is 31.9 Å². The minimum Gasteiger partial charge on any atom is -0.317 e. The first-order valence-corrected chi connectivity index (χ1v) is 4.57. The Hall–Kier alpha value is -0.300. The molecule has 1 nitrogen and oxygen atoms in total. The molecule has 0 aromatic carbocycles. The van der Waals surface area contributed by atoms with Crippen LogP contribution in [0.1, 0.15) is 26.2 Å². The third-order valence-corrected chi connectivity index (χ3v) is 3.07. The van der Waals surface area contributed by atoms with Gasteiger partial charge in [0.05, 0.1) is 0 Å². The van der Waals surface area contributed by atoms with Gasteiger partial charge >= 0.3 is 0 Å². The van der Waals surface area contributed by atoms with Gasteiger partial charge in [-0.2, -0.15) is 0 Å². The number of hydrogen-bond acceptors (Lipinski definition) is 1. The maximum absolute atomic E-state index is 3.79. The first-order valence-electron chi connectivity index (χ1n) is 4.57. The van der Waals surface area contributed by atoms with Crippen LogP contribution in [0.5, 0.6) is 0 Å². The van der Waals surface area contributed by atoms with Crippen molar-refractivity contribution in [3.63, 3.8) is 0 Å². The molecule has 0 saturated heterocycles. The smallest absolute Gasteiger partial charge is 0.00925 e. The second kappa shape index (κ2) is 3.91. The molecule has 1 rings (SSSR count). The van der Waals surface area contributed by atoms with E-state index in [-0.39, 0.29) is 0 Å². The summed E-state index contributed by atoms with van der Waals surface area (Å²) in [7, 11) is 2.07. The van der Waals surface area contributed by atoms with Gasteiger partial charge in [-0.3, -0.25) is 0 Å². The molecule has 0 bridgehead atoms. The lowest BCUT2D eigenvalue weighted by atomic mass is 9.93. The summed E-state index contributed by atoms with van der Waals surface area (Å²) < 4.78 is 0. The van der Waals surface area contributed by atoms with Gasteiger partial charge in [0.2, 0.25) is 0 Å². The Labute approximate surface area is 69.9 Å². The van der Waals surface area contributed by atoms with Gasteiger partial charge in [-0.05, 0) is 38.1 Å². The van der Waals surface area contributed by atoms with Gasteiger partial charge in [0.1, 0.15) is 0 Å². The molecule has 1 fully saturated rings. The summed E-state index contributed by atoms with van der Waals surface area (Å²) in [6.07, 6.45) is 5.97. The quantitative estimate of drug-likeness (QED) is 0.613. The summed E-state index contributed by atoms with van der Waals surface area (Å²) in [5.41, 5.74) is 0. The number of allylic oxidation sites excluding steroid dienone is 1. The lowest BCUT2D eigenvalue weighted by Gasteiger charge is -2.18.